The molecule has 1 saturated heterocycles. The zero-order valence-corrected chi connectivity index (χ0v) is 21.3. The SMILES string of the molecule is Cc1ccc(NC(=O)COc2ccc(/C=C3/C(=O)NC(=O)N(c4ccc(Cl)cc4)C3=O)cc2Cl)c(C)c1. The van der Waals surface area contributed by atoms with E-state index in [4.69, 9.17) is 27.9 Å². The van der Waals surface area contributed by atoms with Gasteiger partial charge in [-0.2, -0.15) is 0 Å². The number of aryl methyl sites for hydroxylation is 2. The molecule has 3 aromatic rings. The minimum absolute atomic E-state index is 0.169. The highest BCUT2D eigenvalue weighted by Crippen LogP contribution is 2.28. The number of nitrogens with one attached hydrogen (secondary N) is 2. The van der Waals surface area contributed by atoms with Crippen LogP contribution in [0.2, 0.25) is 10.0 Å². The van der Waals surface area contributed by atoms with Gasteiger partial charge in [-0.05, 0) is 73.5 Å². The van der Waals surface area contributed by atoms with E-state index in [-0.39, 0.29) is 34.5 Å². The van der Waals surface area contributed by atoms with Crippen molar-refractivity contribution in [2.24, 2.45) is 0 Å². The third kappa shape index (κ3) is 5.99. The van der Waals surface area contributed by atoms with Gasteiger partial charge in [-0.1, -0.05) is 47.0 Å². The lowest BCUT2D eigenvalue weighted by molar-refractivity contribution is -0.122. The van der Waals surface area contributed by atoms with Crippen LogP contribution in [0.15, 0.2) is 66.2 Å². The summed E-state index contributed by atoms with van der Waals surface area (Å²) in [6, 6.07) is 15.4. The number of amides is 5. The second-order valence-corrected chi connectivity index (χ2v) is 9.12. The highest BCUT2D eigenvalue weighted by Gasteiger charge is 2.36. The molecule has 8 nitrogen and oxygen atoms in total. The van der Waals surface area contributed by atoms with Crippen molar-refractivity contribution in [3.05, 3.63) is 93.0 Å². The number of ether oxygens (including phenoxy) is 1. The second kappa shape index (κ2) is 10.9. The van der Waals surface area contributed by atoms with Crippen molar-refractivity contribution >= 4 is 64.4 Å². The Morgan fingerprint density at radius 3 is 2.41 bits per heavy atom. The minimum atomic E-state index is -0.865. The van der Waals surface area contributed by atoms with Crippen molar-refractivity contribution in [3.8, 4) is 5.75 Å². The fourth-order valence-corrected chi connectivity index (χ4v) is 4.03. The van der Waals surface area contributed by atoms with E-state index in [0.29, 0.717) is 16.3 Å². The fraction of sp³-hybridized carbons (Fsp3) is 0.111. The van der Waals surface area contributed by atoms with Crippen LogP contribution in [0.3, 0.4) is 0 Å². The largest absolute Gasteiger partial charge is 0.482 e. The third-order valence-electron chi connectivity index (χ3n) is 5.47. The van der Waals surface area contributed by atoms with Crippen LogP contribution in [0.25, 0.3) is 6.08 Å². The summed E-state index contributed by atoms with van der Waals surface area (Å²) in [5.41, 5.74) is 3.12. The molecule has 1 aliphatic rings. The van der Waals surface area contributed by atoms with Crippen molar-refractivity contribution in [2.45, 2.75) is 13.8 Å². The van der Waals surface area contributed by atoms with Crippen LogP contribution in [-0.2, 0) is 14.4 Å². The number of carbonyl (C=O) groups is 4. The molecule has 0 aliphatic carbocycles. The normalized spacial score (nSPS) is 14.5. The van der Waals surface area contributed by atoms with Crippen molar-refractivity contribution in [1.82, 2.24) is 5.32 Å². The molecule has 0 radical (unpaired) electrons. The van der Waals surface area contributed by atoms with Gasteiger partial charge in [0.2, 0.25) is 0 Å². The molecule has 0 aromatic heterocycles. The molecule has 0 bridgehead atoms. The smallest absolute Gasteiger partial charge is 0.335 e. The van der Waals surface area contributed by atoms with E-state index < -0.39 is 17.8 Å². The molecule has 0 atom stereocenters. The average Bonchev–Trinajstić information content (AvgIpc) is 2.84. The van der Waals surface area contributed by atoms with E-state index in [9.17, 15) is 19.2 Å². The number of anilines is 2. The quantitative estimate of drug-likeness (QED) is 0.328. The van der Waals surface area contributed by atoms with Crippen molar-refractivity contribution in [1.29, 1.82) is 0 Å². The molecule has 1 fully saturated rings. The standard InChI is InChI=1S/C27H21Cl2N3O5/c1-15-3-9-22(16(2)11-15)30-24(33)14-37-23-10-4-17(13-21(23)29)12-20-25(34)31-27(36)32(26(20)35)19-7-5-18(28)6-8-19/h3-13H,14H2,1-2H3,(H,30,33)(H,31,34,36)/b20-12-. The van der Waals surface area contributed by atoms with E-state index >= 15 is 0 Å². The van der Waals surface area contributed by atoms with Gasteiger partial charge in [-0.15, -0.1) is 0 Å². The summed E-state index contributed by atoms with van der Waals surface area (Å²) in [4.78, 5) is 50.9. The predicted molar refractivity (Wildman–Crippen MR) is 142 cm³/mol. The Balaban J connectivity index is 1.47. The van der Waals surface area contributed by atoms with Crippen LogP contribution >= 0.6 is 23.2 Å². The van der Waals surface area contributed by atoms with E-state index in [1.54, 1.807) is 6.07 Å². The lowest BCUT2D eigenvalue weighted by atomic mass is 10.1. The summed E-state index contributed by atoms with van der Waals surface area (Å²) in [6.45, 7) is 3.59. The molecule has 0 spiro atoms. The predicted octanol–water partition coefficient (Wildman–Crippen LogP) is 5.29. The van der Waals surface area contributed by atoms with Crippen LogP contribution in [0, 0.1) is 13.8 Å². The van der Waals surface area contributed by atoms with Crippen molar-refractivity contribution < 1.29 is 23.9 Å². The molecular formula is C27H21Cl2N3O5. The number of nitrogens with zero attached hydrogens (tertiary/aromatic N) is 1. The van der Waals surface area contributed by atoms with Gasteiger partial charge in [0, 0.05) is 10.7 Å². The zero-order chi connectivity index (χ0) is 26.7. The zero-order valence-electron chi connectivity index (χ0n) is 19.8. The number of rotatable bonds is 6. The average molecular weight is 538 g/mol. The summed E-state index contributed by atoms with van der Waals surface area (Å²) < 4.78 is 5.55. The molecule has 0 unspecified atom stereocenters. The summed E-state index contributed by atoms with van der Waals surface area (Å²) in [7, 11) is 0. The van der Waals surface area contributed by atoms with Gasteiger partial charge in [0.15, 0.2) is 6.61 Å². The molecule has 188 valence electrons. The summed E-state index contributed by atoms with van der Waals surface area (Å²) in [5, 5.41) is 5.54. The molecule has 37 heavy (non-hydrogen) atoms. The van der Waals surface area contributed by atoms with Crippen molar-refractivity contribution in [3.63, 3.8) is 0 Å². The molecular weight excluding hydrogens is 517 g/mol. The molecule has 3 aromatic carbocycles. The number of urea groups is 1. The molecule has 10 heteroatoms. The monoisotopic (exact) mass is 537 g/mol. The minimum Gasteiger partial charge on any atom is -0.482 e. The van der Waals surface area contributed by atoms with Gasteiger partial charge < -0.3 is 10.1 Å². The Bertz CT molecular complexity index is 1450. The summed E-state index contributed by atoms with van der Waals surface area (Å²) in [5.74, 6) is -1.74. The molecule has 4 rings (SSSR count). The van der Waals surface area contributed by atoms with Gasteiger partial charge in [0.25, 0.3) is 17.7 Å². The number of carbonyl (C=O) groups excluding carboxylic acids is 4. The van der Waals surface area contributed by atoms with Gasteiger partial charge in [-0.25, -0.2) is 9.69 Å². The van der Waals surface area contributed by atoms with Gasteiger partial charge >= 0.3 is 6.03 Å². The Labute approximate surface area is 222 Å². The first-order valence-electron chi connectivity index (χ1n) is 11.1. The lowest BCUT2D eigenvalue weighted by Crippen LogP contribution is -2.54. The number of imide groups is 2. The topological polar surface area (TPSA) is 105 Å². The van der Waals surface area contributed by atoms with Crippen LogP contribution in [0.5, 0.6) is 5.75 Å². The van der Waals surface area contributed by atoms with Gasteiger partial charge in [0.05, 0.1) is 10.7 Å². The van der Waals surface area contributed by atoms with E-state index in [0.717, 1.165) is 16.0 Å². The van der Waals surface area contributed by atoms with Crippen LogP contribution in [0.4, 0.5) is 16.2 Å². The Kier molecular flexibility index (Phi) is 7.61. The first-order valence-corrected chi connectivity index (χ1v) is 11.8. The lowest BCUT2D eigenvalue weighted by Gasteiger charge is -2.26. The van der Waals surface area contributed by atoms with E-state index in [1.165, 1.54) is 42.5 Å². The fourth-order valence-electron chi connectivity index (χ4n) is 3.66. The van der Waals surface area contributed by atoms with E-state index in [1.807, 2.05) is 32.0 Å². The highest BCUT2D eigenvalue weighted by molar-refractivity contribution is 6.39. The molecule has 1 aliphatic heterocycles. The number of barbiturate groups is 1. The van der Waals surface area contributed by atoms with E-state index in [2.05, 4.69) is 10.6 Å². The molecule has 1 heterocycles. The Morgan fingerprint density at radius 1 is 1.00 bits per heavy atom. The summed E-state index contributed by atoms with van der Waals surface area (Å²) >= 11 is 12.2. The number of halogens is 2. The number of benzene rings is 3. The van der Waals surface area contributed by atoms with Crippen LogP contribution in [-0.4, -0.2) is 30.4 Å². The van der Waals surface area contributed by atoms with Gasteiger partial charge in [-0.3, -0.25) is 19.7 Å². The first kappa shape index (κ1) is 25.9. The maximum absolute atomic E-state index is 13.0. The van der Waals surface area contributed by atoms with Gasteiger partial charge in [0.1, 0.15) is 11.3 Å². The first-order chi connectivity index (χ1) is 17.6. The molecule has 2 N–H and O–H groups in total. The van der Waals surface area contributed by atoms with Crippen LogP contribution < -0.4 is 20.3 Å². The third-order valence-corrected chi connectivity index (χ3v) is 6.02. The van der Waals surface area contributed by atoms with Crippen LogP contribution in [0.1, 0.15) is 16.7 Å². The van der Waals surface area contributed by atoms with Crippen molar-refractivity contribution in [2.75, 3.05) is 16.8 Å². The molecule has 5 amide bonds. The second-order valence-electron chi connectivity index (χ2n) is 8.28. The number of hydrogen-bond acceptors (Lipinski definition) is 5. The maximum atomic E-state index is 13.0. The molecule has 0 saturated carbocycles. The highest BCUT2D eigenvalue weighted by atomic mass is 35.5. The maximum Gasteiger partial charge on any atom is 0.335 e. The number of hydrogen-bond donors (Lipinski definition) is 2. The Hall–Kier alpha value is -4.14. The summed E-state index contributed by atoms with van der Waals surface area (Å²) in [6.07, 6.45) is 1.32. The Morgan fingerprint density at radius 2 is 1.73 bits per heavy atom.